The highest BCUT2D eigenvalue weighted by Gasteiger charge is 2.32. The number of ether oxygens (including phenoxy) is 1. The summed E-state index contributed by atoms with van der Waals surface area (Å²) < 4.78 is 5.25. The summed E-state index contributed by atoms with van der Waals surface area (Å²) in [6, 6.07) is 0. The third kappa shape index (κ3) is 3.51. The van der Waals surface area contributed by atoms with E-state index in [0.717, 1.165) is 6.42 Å². The van der Waals surface area contributed by atoms with Gasteiger partial charge in [-0.1, -0.05) is 6.92 Å². The Balaban J connectivity index is 4.07. The first kappa shape index (κ1) is 13.8. The summed E-state index contributed by atoms with van der Waals surface area (Å²) in [5.41, 5.74) is -0.992. The lowest BCUT2D eigenvalue weighted by Crippen LogP contribution is -2.56. The average molecular weight is 207 g/mol. The molecule has 0 saturated heterocycles. The Morgan fingerprint density at radius 2 is 1.64 bits per heavy atom. The second kappa shape index (κ2) is 7.14. The van der Waals surface area contributed by atoms with Crippen molar-refractivity contribution < 1.29 is 20.1 Å². The first-order chi connectivity index (χ1) is 6.66. The smallest absolute Gasteiger partial charge is 0.0994 e. The van der Waals surface area contributed by atoms with Crippen LogP contribution >= 0.6 is 0 Å². The molecule has 0 amide bonds. The van der Waals surface area contributed by atoms with Crippen LogP contribution in [-0.4, -0.2) is 66.0 Å². The fraction of sp³-hybridized carbons (Fsp3) is 1.00. The third-order valence-corrected chi connectivity index (χ3v) is 2.33. The Bertz CT molecular complexity index is 131. The molecule has 0 aromatic rings. The molecule has 0 fully saturated rings. The van der Waals surface area contributed by atoms with Crippen molar-refractivity contribution in [3.05, 3.63) is 0 Å². The Kier molecular flexibility index (Phi) is 7.04. The van der Waals surface area contributed by atoms with Gasteiger partial charge in [-0.2, -0.15) is 0 Å². The molecule has 0 bridgehead atoms. The molecule has 0 atom stereocenters. The minimum absolute atomic E-state index is 0.287. The van der Waals surface area contributed by atoms with Crippen molar-refractivity contribution in [2.45, 2.75) is 18.9 Å². The van der Waals surface area contributed by atoms with Crippen LogP contribution in [0.1, 0.15) is 13.3 Å². The first-order valence-electron chi connectivity index (χ1n) is 4.78. The van der Waals surface area contributed by atoms with E-state index < -0.39 is 5.54 Å². The van der Waals surface area contributed by atoms with Gasteiger partial charge in [0.05, 0.1) is 32.1 Å². The van der Waals surface area contributed by atoms with Gasteiger partial charge in [-0.25, -0.2) is 0 Å². The number of hydrogen-bond donors (Lipinski definition) is 3. The summed E-state index contributed by atoms with van der Waals surface area (Å²) in [4.78, 5) is 1.61. The summed E-state index contributed by atoms with van der Waals surface area (Å²) in [7, 11) is 1.69. The highest BCUT2D eigenvalue weighted by Crippen LogP contribution is 2.11. The second-order valence-corrected chi connectivity index (χ2v) is 3.43. The van der Waals surface area contributed by atoms with Crippen molar-refractivity contribution in [2.75, 3.05) is 40.2 Å². The summed E-state index contributed by atoms with van der Waals surface area (Å²) in [5.74, 6) is 0. The lowest BCUT2D eigenvalue weighted by atomic mass is 10.0. The minimum atomic E-state index is -0.992. The van der Waals surface area contributed by atoms with Crippen LogP contribution in [0.25, 0.3) is 0 Å². The molecule has 0 aliphatic rings. The molecule has 0 aromatic carbocycles. The quantitative estimate of drug-likeness (QED) is 0.352. The van der Waals surface area contributed by atoms with Crippen LogP contribution in [0.5, 0.6) is 0 Å². The molecule has 5 heteroatoms. The first-order valence-corrected chi connectivity index (χ1v) is 4.78. The molecule has 0 aliphatic carbocycles. The normalized spacial score (nSPS) is 12.4. The average Bonchev–Trinajstić information content (AvgIpc) is 2.22. The van der Waals surface area contributed by atoms with E-state index in [1.165, 1.54) is 0 Å². The number of hydrogen-bond acceptors (Lipinski definition) is 5. The van der Waals surface area contributed by atoms with Gasteiger partial charge >= 0.3 is 0 Å². The van der Waals surface area contributed by atoms with Gasteiger partial charge in [-0.3, -0.25) is 4.90 Å². The zero-order valence-electron chi connectivity index (χ0n) is 8.94. The number of nitrogens with zero attached hydrogens (tertiary/aromatic N) is 1. The summed E-state index contributed by atoms with van der Waals surface area (Å²) in [6.45, 7) is 2.01. The monoisotopic (exact) mass is 207 g/mol. The molecular weight excluding hydrogens is 186 g/mol. The van der Waals surface area contributed by atoms with Gasteiger partial charge in [0.2, 0.25) is 0 Å². The van der Waals surface area contributed by atoms with Crippen molar-refractivity contribution in [1.29, 1.82) is 0 Å². The number of rotatable bonds is 8. The Morgan fingerprint density at radius 3 is 2.00 bits per heavy atom. The van der Waals surface area contributed by atoms with Crippen LogP contribution in [0.15, 0.2) is 0 Å². The Hall–Kier alpha value is -0.200. The van der Waals surface area contributed by atoms with E-state index >= 15 is 0 Å². The highest BCUT2D eigenvalue weighted by atomic mass is 16.5. The van der Waals surface area contributed by atoms with E-state index in [2.05, 4.69) is 0 Å². The van der Waals surface area contributed by atoms with E-state index in [4.69, 9.17) is 20.1 Å². The van der Waals surface area contributed by atoms with E-state index in [1.54, 1.807) is 11.9 Å². The molecule has 86 valence electrons. The van der Waals surface area contributed by atoms with Gasteiger partial charge in [0.1, 0.15) is 0 Å². The van der Waals surface area contributed by atoms with E-state index in [-0.39, 0.29) is 26.6 Å². The molecule has 0 unspecified atom stereocenters. The van der Waals surface area contributed by atoms with Gasteiger partial charge in [-0.15, -0.1) is 0 Å². The number of likely N-dealkylation sites (N-methyl/N-ethyl adjacent to an activating group) is 1. The molecule has 0 rings (SSSR count). The SMILES string of the molecule is CCCOCN(C)C(CO)(CO)CO. The molecule has 0 aromatic heterocycles. The summed E-state index contributed by atoms with van der Waals surface area (Å²) >= 11 is 0. The Labute approximate surface area is 84.9 Å². The maximum atomic E-state index is 9.09. The maximum Gasteiger partial charge on any atom is 0.0994 e. The topological polar surface area (TPSA) is 73.2 Å². The molecule has 0 saturated carbocycles. The van der Waals surface area contributed by atoms with Gasteiger partial charge < -0.3 is 20.1 Å². The molecule has 0 spiro atoms. The molecule has 0 radical (unpaired) electrons. The van der Waals surface area contributed by atoms with Crippen molar-refractivity contribution in [3.63, 3.8) is 0 Å². The van der Waals surface area contributed by atoms with Gasteiger partial charge in [0.25, 0.3) is 0 Å². The van der Waals surface area contributed by atoms with Crippen LogP contribution in [0, 0.1) is 0 Å². The standard InChI is InChI=1S/C9H21NO4/c1-3-4-14-8-10(2)9(5-11,6-12)7-13/h11-13H,3-8H2,1-2H3. The number of aliphatic hydroxyl groups is 3. The maximum absolute atomic E-state index is 9.09. The molecule has 0 aliphatic heterocycles. The third-order valence-electron chi connectivity index (χ3n) is 2.33. The molecule has 0 heterocycles. The zero-order chi connectivity index (χ0) is 11.0. The molecule has 3 N–H and O–H groups in total. The largest absolute Gasteiger partial charge is 0.394 e. The van der Waals surface area contributed by atoms with Crippen LogP contribution < -0.4 is 0 Å². The van der Waals surface area contributed by atoms with Crippen molar-refractivity contribution in [2.24, 2.45) is 0 Å². The van der Waals surface area contributed by atoms with E-state index in [9.17, 15) is 0 Å². The van der Waals surface area contributed by atoms with E-state index in [0.29, 0.717) is 6.61 Å². The molecule has 5 nitrogen and oxygen atoms in total. The van der Waals surface area contributed by atoms with Crippen LogP contribution in [0.4, 0.5) is 0 Å². The van der Waals surface area contributed by atoms with Crippen LogP contribution in [-0.2, 0) is 4.74 Å². The van der Waals surface area contributed by atoms with Crippen LogP contribution in [0.2, 0.25) is 0 Å². The van der Waals surface area contributed by atoms with Gasteiger partial charge in [0.15, 0.2) is 0 Å². The predicted octanol–water partition coefficient (Wildman–Crippen LogP) is -0.982. The lowest BCUT2D eigenvalue weighted by molar-refractivity contribution is -0.0859. The van der Waals surface area contributed by atoms with Crippen molar-refractivity contribution in [1.82, 2.24) is 4.90 Å². The zero-order valence-corrected chi connectivity index (χ0v) is 8.94. The predicted molar refractivity (Wildman–Crippen MR) is 52.9 cm³/mol. The molecule has 14 heavy (non-hydrogen) atoms. The summed E-state index contributed by atoms with van der Waals surface area (Å²) in [6.07, 6.45) is 0.915. The Morgan fingerprint density at radius 1 is 1.14 bits per heavy atom. The van der Waals surface area contributed by atoms with E-state index in [1.807, 2.05) is 6.92 Å². The molecular formula is C9H21NO4. The van der Waals surface area contributed by atoms with Gasteiger partial charge in [0, 0.05) is 6.61 Å². The van der Waals surface area contributed by atoms with Crippen molar-refractivity contribution in [3.8, 4) is 0 Å². The lowest BCUT2D eigenvalue weighted by Gasteiger charge is -2.37. The van der Waals surface area contributed by atoms with Crippen LogP contribution in [0.3, 0.4) is 0 Å². The van der Waals surface area contributed by atoms with Crippen molar-refractivity contribution >= 4 is 0 Å². The fourth-order valence-corrected chi connectivity index (χ4v) is 0.995. The second-order valence-electron chi connectivity index (χ2n) is 3.43. The van der Waals surface area contributed by atoms with Gasteiger partial charge in [-0.05, 0) is 13.5 Å². The summed E-state index contributed by atoms with van der Waals surface area (Å²) in [5, 5.41) is 27.3. The highest BCUT2D eigenvalue weighted by molar-refractivity contribution is 4.86. The number of aliphatic hydroxyl groups excluding tert-OH is 3. The minimum Gasteiger partial charge on any atom is -0.394 e. The fourth-order valence-electron chi connectivity index (χ4n) is 0.995.